The van der Waals surface area contributed by atoms with Crippen LogP contribution in [-0.4, -0.2) is 72.5 Å². The third kappa shape index (κ3) is 4.93. The zero-order valence-corrected chi connectivity index (χ0v) is 17.9. The second kappa shape index (κ2) is 9.29. The Kier molecular flexibility index (Phi) is 6.74. The van der Waals surface area contributed by atoms with Gasteiger partial charge in [-0.1, -0.05) is 0 Å². The van der Waals surface area contributed by atoms with Crippen LogP contribution in [0.15, 0.2) is 23.1 Å². The summed E-state index contributed by atoms with van der Waals surface area (Å²) in [4.78, 5) is 12.9. The van der Waals surface area contributed by atoms with E-state index in [0.717, 1.165) is 6.07 Å². The van der Waals surface area contributed by atoms with Crippen LogP contribution in [0.5, 0.6) is 0 Å². The topological polar surface area (TPSA) is 174 Å². The van der Waals surface area contributed by atoms with Crippen molar-refractivity contribution in [2.75, 3.05) is 50.8 Å². The number of hydrogen-bond donors (Lipinski definition) is 3. The zero-order chi connectivity index (χ0) is 22.6. The van der Waals surface area contributed by atoms with Crippen LogP contribution in [0.4, 0.5) is 17.2 Å². The maximum atomic E-state index is 12.9. The van der Waals surface area contributed by atoms with Crippen molar-refractivity contribution in [2.45, 2.75) is 17.7 Å². The summed E-state index contributed by atoms with van der Waals surface area (Å²) in [6, 6.07) is 5.87. The van der Waals surface area contributed by atoms with E-state index in [4.69, 9.17) is 11.0 Å². The van der Waals surface area contributed by atoms with Gasteiger partial charge in [-0.3, -0.25) is 15.2 Å². The van der Waals surface area contributed by atoms with Gasteiger partial charge in [0.15, 0.2) is 5.82 Å². The van der Waals surface area contributed by atoms with Gasteiger partial charge in [0, 0.05) is 38.8 Å². The normalized spacial score (nSPS) is 15.5. The van der Waals surface area contributed by atoms with Gasteiger partial charge in [-0.05, 0) is 32.0 Å². The largest absolute Gasteiger partial charge is 0.381 e. The van der Waals surface area contributed by atoms with Crippen LogP contribution in [0, 0.1) is 21.4 Å². The molecule has 0 radical (unpaired) electrons. The minimum atomic E-state index is -3.80. The smallest absolute Gasteiger partial charge is 0.293 e. The molecule has 1 aromatic carbocycles. The molecule has 1 fully saturated rings. The highest BCUT2D eigenvalue weighted by molar-refractivity contribution is 7.89. The number of H-pyrrole nitrogens is 1. The first-order chi connectivity index (χ1) is 14.7. The molecular weight excluding hydrogens is 424 g/mol. The van der Waals surface area contributed by atoms with Crippen LogP contribution in [0.1, 0.15) is 17.7 Å². The summed E-state index contributed by atoms with van der Waals surface area (Å²) >= 11 is 0. The van der Waals surface area contributed by atoms with Crippen molar-refractivity contribution in [2.24, 2.45) is 0 Å². The molecule has 0 bridgehead atoms. The van der Waals surface area contributed by atoms with E-state index in [9.17, 15) is 18.5 Å². The van der Waals surface area contributed by atoms with Gasteiger partial charge in [-0.25, -0.2) is 8.42 Å². The summed E-state index contributed by atoms with van der Waals surface area (Å²) in [6.07, 6.45) is 1.03. The number of aromatic amines is 1. The Morgan fingerprint density at radius 3 is 2.71 bits per heavy atom. The molecule has 1 aromatic heterocycles. The Hall–Kier alpha value is -3.21. The number of nitro groups is 1. The first kappa shape index (κ1) is 22.5. The van der Waals surface area contributed by atoms with Crippen molar-refractivity contribution >= 4 is 27.2 Å². The second-order valence-electron chi connectivity index (χ2n) is 7.25. The number of nitrogen functional groups attached to an aromatic ring is 1. The van der Waals surface area contributed by atoms with E-state index < -0.39 is 14.9 Å². The van der Waals surface area contributed by atoms with Crippen LogP contribution in [-0.2, 0) is 16.4 Å². The lowest BCUT2D eigenvalue weighted by molar-refractivity contribution is -0.384. The van der Waals surface area contributed by atoms with E-state index in [-0.39, 0.29) is 22.1 Å². The Balaban J connectivity index is 1.69. The molecule has 2 aromatic rings. The summed E-state index contributed by atoms with van der Waals surface area (Å²) in [5.74, 6) is 0.137. The van der Waals surface area contributed by atoms with E-state index in [1.165, 1.54) is 16.4 Å². The van der Waals surface area contributed by atoms with Crippen LogP contribution < -0.4 is 11.1 Å². The highest BCUT2D eigenvalue weighted by Crippen LogP contribution is 2.29. The van der Waals surface area contributed by atoms with Gasteiger partial charge in [-0.15, -0.1) is 0 Å². The van der Waals surface area contributed by atoms with E-state index in [2.05, 4.69) is 15.5 Å². The molecule has 0 amide bonds. The highest BCUT2D eigenvalue weighted by atomic mass is 32.2. The van der Waals surface area contributed by atoms with Crippen molar-refractivity contribution in [1.82, 2.24) is 19.4 Å². The number of sulfonamides is 1. The Bertz CT molecular complexity index is 1100. The fraction of sp³-hybridized carbons (Fsp3) is 0.444. The van der Waals surface area contributed by atoms with Crippen molar-refractivity contribution in [3.05, 3.63) is 39.6 Å². The molecule has 2 heterocycles. The number of aryl methyl sites for hydroxylation is 1. The molecule has 13 heteroatoms. The number of nitrogens with one attached hydrogen (secondary N) is 2. The van der Waals surface area contributed by atoms with Crippen LogP contribution in [0.25, 0.3) is 0 Å². The van der Waals surface area contributed by atoms with Crippen LogP contribution in [0.3, 0.4) is 0 Å². The second-order valence-corrected chi connectivity index (χ2v) is 9.19. The minimum Gasteiger partial charge on any atom is -0.381 e. The maximum absolute atomic E-state index is 12.9. The average molecular weight is 449 g/mol. The lowest BCUT2D eigenvalue weighted by atomic mass is 10.1. The molecule has 0 saturated carbocycles. The fourth-order valence-electron chi connectivity index (χ4n) is 3.34. The number of piperazine rings is 1. The maximum Gasteiger partial charge on any atom is 0.293 e. The predicted molar refractivity (Wildman–Crippen MR) is 114 cm³/mol. The molecule has 166 valence electrons. The molecule has 31 heavy (non-hydrogen) atoms. The predicted octanol–water partition coefficient (Wildman–Crippen LogP) is 0.753. The molecule has 4 N–H and O–H groups in total. The Morgan fingerprint density at radius 2 is 2.06 bits per heavy atom. The lowest BCUT2D eigenvalue weighted by Crippen LogP contribution is -2.47. The molecule has 1 aliphatic rings. The number of anilines is 2. The number of likely N-dealkylation sites (N-methyl/N-ethyl adjacent to an activating group) is 1. The number of aromatic nitrogens is 2. The zero-order valence-electron chi connectivity index (χ0n) is 17.0. The molecule has 0 unspecified atom stereocenters. The minimum absolute atomic E-state index is 0.0964. The molecule has 0 aliphatic carbocycles. The SMILES string of the molecule is CN1CCN(S(=O)(=O)c2ccc(NCCCc3[nH]nc(N)c3C#N)c([N+](=O)[O-])c2)CC1. The monoisotopic (exact) mass is 448 g/mol. The number of nitriles is 1. The van der Waals surface area contributed by atoms with Crippen molar-refractivity contribution in [3.63, 3.8) is 0 Å². The van der Waals surface area contributed by atoms with Gasteiger partial charge < -0.3 is 16.0 Å². The molecule has 0 spiro atoms. The summed E-state index contributed by atoms with van der Waals surface area (Å²) in [5, 5.41) is 30.1. The van der Waals surface area contributed by atoms with E-state index in [1.54, 1.807) is 0 Å². The first-order valence-corrected chi connectivity index (χ1v) is 11.1. The molecule has 1 saturated heterocycles. The summed E-state index contributed by atoms with van der Waals surface area (Å²) in [7, 11) is -1.89. The number of nitro benzene ring substituents is 1. The fourth-order valence-corrected chi connectivity index (χ4v) is 4.78. The summed E-state index contributed by atoms with van der Waals surface area (Å²) < 4.78 is 27.1. The number of nitrogens with zero attached hydrogens (tertiary/aromatic N) is 5. The van der Waals surface area contributed by atoms with Crippen molar-refractivity contribution < 1.29 is 13.3 Å². The van der Waals surface area contributed by atoms with E-state index in [0.29, 0.717) is 56.8 Å². The molecule has 1 aliphatic heterocycles. The number of nitrogens with two attached hydrogens (primary N) is 1. The average Bonchev–Trinajstić information content (AvgIpc) is 3.10. The van der Waals surface area contributed by atoms with Gasteiger partial charge in [-0.2, -0.15) is 14.7 Å². The van der Waals surface area contributed by atoms with Crippen LogP contribution in [0.2, 0.25) is 0 Å². The van der Waals surface area contributed by atoms with Gasteiger partial charge in [0.25, 0.3) is 5.69 Å². The standard InChI is InChI=1S/C18H24N8O4S/c1-24-7-9-25(10-8-24)31(29,30)13-4-5-16(17(11-13)26(27)28)21-6-2-3-15-14(12-19)18(20)23-22-15/h4-5,11,21H,2-3,6-10H2,1H3,(H3,20,22,23). The van der Waals surface area contributed by atoms with E-state index in [1.807, 2.05) is 18.0 Å². The number of benzene rings is 1. The van der Waals surface area contributed by atoms with Crippen molar-refractivity contribution in [1.29, 1.82) is 5.26 Å². The molecule has 0 atom stereocenters. The Morgan fingerprint density at radius 1 is 1.35 bits per heavy atom. The molecule has 3 rings (SSSR count). The van der Waals surface area contributed by atoms with Gasteiger partial charge in [0.2, 0.25) is 10.0 Å². The quantitative estimate of drug-likeness (QED) is 0.299. The highest BCUT2D eigenvalue weighted by Gasteiger charge is 2.29. The third-order valence-electron chi connectivity index (χ3n) is 5.17. The van der Waals surface area contributed by atoms with E-state index >= 15 is 0 Å². The van der Waals surface area contributed by atoms with Crippen molar-refractivity contribution in [3.8, 4) is 6.07 Å². The lowest BCUT2D eigenvalue weighted by Gasteiger charge is -2.31. The number of rotatable bonds is 8. The van der Waals surface area contributed by atoms with Crippen LogP contribution >= 0.6 is 0 Å². The first-order valence-electron chi connectivity index (χ1n) is 9.68. The van der Waals surface area contributed by atoms with Gasteiger partial charge in [0.1, 0.15) is 17.3 Å². The third-order valence-corrected chi connectivity index (χ3v) is 7.06. The molecule has 12 nitrogen and oxygen atoms in total. The van der Waals surface area contributed by atoms with Gasteiger partial charge >= 0.3 is 0 Å². The van der Waals surface area contributed by atoms with Gasteiger partial charge in [0.05, 0.1) is 15.5 Å². The summed E-state index contributed by atoms with van der Waals surface area (Å²) in [6.45, 7) is 2.27. The summed E-state index contributed by atoms with van der Waals surface area (Å²) in [5.41, 5.74) is 6.42. The molecular formula is C18H24N8O4S. The Labute approximate surface area is 179 Å². The number of hydrogen-bond acceptors (Lipinski definition) is 9.